The Morgan fingerprint density at radius 3 is 2.67 bits per heavy atom. The highest BCUT2D eigenvalue weighted by Gasteiger charge is 2.18. The Labute approximate surface area is 110 Å². The lowest BCUT2D eigenvalue weighted by Gasteiger charge is -2.25. The van der Waals surface area contributed by atoms with Gasteiger partial charge in [0, 0.05) is 18.7 Å². The van der Waals surface area contributed by atoms with Crippen LogP contribution in [0.1, 0.15) is 42.6 Å². The molecule has 1 aromatic rings. The fourth-order valence-electron chi connectivity index (χ4n) is 2.10. The summed E-state index contributed by atoms with van der Waals surface area (Å²) >= 11 is 0. The molecule has 0 saturated heterocycles. The molecule has 2 N–H and O–H groups in total. The lowest BCUT2D eigenvalue weighted by Crippen LogP contribution is -2.35. The van der Waals surface area contributed by atoms with Crippen molar-refractivity contribution in [2.45, 2.75) is 39.2 Å². The lowest BCUT2D eigenvalue weighted by molar-refractivity contribution is 0.0735. The Kier molecular flexibility index (Phi) is 5.86. The summed E-state index contributed by atoms with van der Waals surface area (Å²) in [5.41, 5.74) is 7.42. The van der Waals surface area contributed by atoms with Crippen LogP contribution in [0.4, 0.5) is 0 Å². The normalized spacial score (nSPS) is 12.2. The van der Waals surface area contributed by atoms with Crippen LogP contribution >= 0.6 is 0 Å². The Balaban J connectivity index is 2.89. The number of rotatable bonds is 6. The van der Waals surface area contributed by atoms with Crippen molar-refractivity contribution in [3.63, 3.8) is 0 Å². The number of nitrogens with two attached hydrogens (primary N) is 1. The van der Waals surface area contributed by atoms with Gasteiger partial charge < -0.3 is 10.6 Å². The maximum Gasteiger partial charge on any atom is 0.254 e. The topological polar surface area (TPSA) is 46.3 Å². The summed E-state index contributed by atoms with van der Waals surface area (Å²) in [6, 6.07) is 8.01. The van der Waals surface area contributed by atoms with Crippen molar-refractivity contribution in [1.82, 2.24) is 4.90 Å². The van der Waals surface area contributed by atoms with E-state index in [-0.39, 0.29) is 11.9 Å². The molecular formula is C15H24N2O. The molecule has 0 spiro atoms. The zero-order valence-electron chi connectivity index (χ0n) is 11.6. The Hall–Kier alpha value is -1.35. The first-order chi connectivity index (χ1) is 8.61. The van der Waals surface area contributed by atoms with Crippen LogP contribution in [0.5, 0.6) is 0 Å². The van der Waals surface area contributed by atoms with Crippen molar-refractivity contribution in [3.8, 4) is 0 Å². The number of carbonyl (C=O) groups excluding carboxylic acids is 1. The average Bonchev–Trinajstić information content (AvgIpc) is 2.38. The molecule has 0 aliphatic rings. The summed E-state index contributed by atoms with van der Waals surface area (Å²) in [6.45, 7) is 4.79. The van der Waals surface area contributed by atoms with Gasteiger partial charge in [-0.1, -0.05) is 31.5 Å². The molecule has 0 aliphatic heterocycles. The van der Waals surface area contributed by atoms with E-state index in [0.29, 0.717) is 6.54 Å². The predicted octanol–water partition coefficient (Wildman–Crippen LogP) is 2.45. The summed E-state index contributed by atoms with van der Waals surface area (Å²) in [7, 11) is 1.88. The van der Waals surface area contributed by atoms with Gasteiger partial charge in [-0.05, 0) is 37.9 Å². The number of carbonyl (C=O) groups is 1. The summed E-state index contributed by atoms with van der Waals surface area (Å²) in [4.78, 5) is 14.3. The van der Waals surface area contributed by atoms with Crippen molar-refractivity contribution < 1.29 is 4.79 Å². The Bertz CT molecular complexity index is 390. The third-order valence-corrected chi connectivity index (χ3v) is 3.35. The van der Waals surface area contributed by atoms with Crippen LogP contribution < -0.4 is 5.73 Å². The SMILES string of the molecule is CCCC(C)N(C)C(=O)c1ccccc1CCN. The van der Waals surface area contributed by atoms with E-state index in [1.807, 2.05) is 36.2 Å². The van der Waals surface area contributed by atoms with E-state index in [1.54, 1.807) is 0 Å². The van der Waals surface area contributed by atoms with Crippen molar-refractivity contribution >= 4 is 5.91 Å². The van der Waals surface area contributed by atoms with Crippen molar-refractivity contribution in [2.75, 3.05) is 13.6 Å². The molecule has 0 radical (unpaired) electrons. The molecule has 1 unspecified atom stereocenters. The van der Waals surface area contributed by atoms with E-state index >= 15 is 0 Å². The third-order valence-electron chi connectivity index (χ3n) is 3.35. The van der Waals surface area contributed by atoms with Crippen molar-refractivity contribution in [1.29, 1.82) is 0 Å². The smallest absolute Gasteiger partial charge is 0.254 e. The molecule has 1 atom stereocenters. The molecule has 0 heterocycles. The molecule has 1 amide bonds. The van der Waals surface area contributed by atoms with Crippen LogP contribution in [0, 0.1) is 0 Å². The highest BCUT2D eigenvalue weighted by Crippen LogP contribution is 2.14. The fraction of sp³-hybridized carbons (Fsp3) is 0.533. The summed E-state index contributed by atoms with van der Waals surface area (Å²) < 4.78 is 0. The van der Waals surface area contributed by atoms with Gasteiger partial charge in [0.05, 0.1) is 0 Å². The number of hydrogen-bond acceptors (Lipinski definition) is 2. The maximum atomic E-state index is 12.4. The second kappa shape index (κ2) is 7.17. The van der Waals surface area contributed by atoms with Crippen LogP contribution in [0.2, 0.25) is 0 Å². The second-order valence-electron chi connectivity index (χ2n) is 4.75. The molecule has 18 heavy (non-hydrogen) atoms. The molecule has 0 aliphatic carbocycles. The standard InChI is InChI=1S/C15H24N2O/c1-4-7-12(2)17(3)15(18)14-9-6-5-8-13(14)10-11-16/h5-6,8-9,12H,4,7,10-11,16H2,1-3H3. The number of hydrogen-bond donors (Lipinski definition) is 1. The van der Waals surface area contributed by atoms with Gasteiger partial charge in [-0.2, -0.15) is 0 Å². The van der Waals surface area contributed by atoms with Gasteiger partial charge in [-0.25, -0.2) is 0 Å². The molecule has 3 heteroatoms. The minimum atomic E-state index is 0.0972. The van der Waals surface area contributed by atoms with Gasteiger partial charge in [-0.3, -0.25) is 4.79 Å². The van der Waals surface area contributed by atoms with E-state index in [1.165, 1.54) is 0 Å². The van der Waals surface area contributed by atoms with E-state index in [0.717, 1.165) is 30.4 Å². The monoisotopic (exact) mass is 248 g/mol. The van der Waals surface area contributed by atoms with Gasteiger partial charge in [0.2, 0.25) is 0 Å². The fourth-order valence-corrected chi connectivity index (χ4v) is 2.10. The quantitative estimate of drug-likeness (QED) is 0.840. The molecule has 1 rings (SSSR count). The zero-order valence-corrected chi connectivity index (χ0v) is 11.6. The zero-order chi connectivity index (χ0) is 13.5. The molecule has 100 valence electrons. The van der Waals surface area contributed by atoms with Crippen LogP contribution in [-0.2, 0) is 6.42 Å². The molecule has 0 bridgehead atoms. The highest BCUT2D eigenvalue weighted by molar-refractivity contribution is 5.95. The van der Waals surface area contributed by atoms with E-state index in [9.17, 15) is 4.79 Å². The largest absolute Gasteiger partial charge is 0.339 e. The van der Waals surface area contributed by atoms with Crippen LogP contribution in [0.15, 0.2) is 24.3 Å². The summed E-state index contributed by atoms with van der Waals surface area (Å²) in [5.74, 6) is 0.0972. The first-order valence-corrected chi connectivity index (χ1v) is 6.67. The predicted molar refractivity (Wildman–Crippen MR) is 75.7 cm³/mol. The van der Waals surface area contributed by atoms with Gasteiger partial charge >= 0.3 is 0 Å². The molecule has 3 nitrogen and oxygen atoms in total. The minimum Gasteiger partial charge on any atom is -0.339 e. The Morgan fingerprint density at radius 1 is 1.39 bits per heavy atom. The highest BCUT2D eigenvalue weighted by atomic mass is 16.2. The minimum absolute atomic E-state index is 0.0972. The number of nitrogens with zero attached hydrogens (tertiary/aromatic N) is 1. The van der Waals surface area contributed by atoms with Gasteiger partial charge in [0.1, 0.15) is 0 Å². The number of amides is 1. The van der Waals surface area contributed by atoms with Gasteiger partial charge in [0.25, 0.3) is 5.91 Å². The molecular weight excluding hydrogens is 224 g/mol. The van der Waals surface area contributed by atoms with Gasteiger partial charge in [-0.15, -0.1) is 0 Å². The van der Waals surface area contributed by atoms with E-state index in [2.05, 4.69) is 13.8 Å². The van der Waals surface area contributed by atoms with Crippen LogP contribution in [0.25, 0.3) is 0 Å². The van der Waals surface area contributed by atoms with Crippen molar-refractivity contribution in [3.05, 3.63) is 35.4 Å². The second-order valence-corrected chi connectivity index (χ2v) is 4.75. The number of benzene rings is 1. The van der Waals surface area contributed by atoms with Crippen LogP contribution in [0.3, 0.4) is 0 Å². The average molecular weight is 248 g/mol. The Morgan fingerprint density at radius 2 is 2.06 bits per heavy atom. The maximum absolute atomic E-state index is 12.4. The van der Waals surface area contributed by atoms with E-state index < -0.39 is 0 Å². The summed E-state index contributed by atoms with van der Waals surface area (Å²) in [6.07, 6.45) is 2.86. The summed E-state index contributed by atoms with van der Waals surface area (Å²) in [5, 5.41) is 0. The van der Waals surface area contributed by atoms with Gasteiger partial charge in [0.15, 0.2) is 0 Å². The van der Waals surface area contributed by atoms with E-state index in [4.69, 9.17) is 5.73 Å². The van der Waals surface area contributed by atoms with Crippen LogP contribution in [-0.4, -0.2) is 30.4 Å². The molecule has 0 saturated carbocycles. The van der Waals surface area contributed by atoms with Crippen molar-refractivity contribution in [2.24, 2.45) is 5.73 Å². The lowest BCUT2D eigenvalue weighted by atomic mass is 10.0. The first kappa shape index (κ1) is 14.7. The molecule has 0 fully saturated rings. The first-order valence-electron chi connectivity index (χ1n) is 6.67. The third kappa shape index (κ3) is 3.57. The molecule has 1 aromatic carbocycles. The molecule has 0 aromatic heterocycles.